The monoisotopic (exact) mass is 235 g/mol. The summed E-state index contributed by atoms with van der Waals surface area (Å²) in [5, 5.41) is 2.83. The summed E-state index contributed by atoms with van der Waals surface area (Å²) in [7, 11) is 0. The van der Waals surface area contributed by atoms with Crippen LogP contribution >= 0.6 is 0 Å². The van der Waals surface area contributed by atoms with Gasteiger partial charge in [-0.05, 0) is 24.5 Å². The molecule has 0 aliphatic rings. The Bertz CT molecular complexity index is 365. The maximum Gasteiger partial charge on any atom is 0.237 e. The van der Waals surface area contributed by atoms with E-state index in [1.54, 1.807) is 6.20 Å². The van der Waals surface area contributed by atoms with Crippen molar-refractivity contribution in [1.29, 1.82) is 0 Å². The Morgan fingerprint density at radius 3 is 2.94 bits per heavy atom. The van der Waals surface area contributed by atoms with E-state index in [-0.39, 0.29) is 5.91 Å². The number of rotatable bonds is 6. The third-order valence-electron chi connectivity index (χ3n) is 2.73. The molecule has 94 valence electrons. The van der Waals surface area contributed by atoms with Gasteiger partial charge in [0.25, 0.3) is 0 Å². The van der Waals surface area contributed by atoms with Crippen LogP contribution in [0, 0.1) is 0 Å². The van der Waals surface area contributed by atoms with Crippen LogP contribution in [0.15, 0.2) is 18.3 Å². The zero-order valence-electron chi connectivity index (χ0n) is 10.6. The first-order valence-electron chi connectivity index (χ1n) is 6.15. The highest BCUT2D eigenvalue weighted by atomic mass is 16.2. The number of hydrogen-bond donors (Lipinski definition) is 2. The molecule has 0 bridgehead atoms. The van der Waals surface area contributed by atoms with Crippen molar-refractivity contribution in [3.8, 4) is 0 Å². The molecular formula is C13H21N3O. The Hall–Kier alpha value is -1.42. The summed E-state index contributed by atoms with van der Waals surface area (Å²) in [5.74, 6) is -0.0976. The number of nitrogens with zero attached hydrogens (tertiary/aromatic N) is 1. The second kappa shape index (κ2) is 7.01. The molecule has 4 nitrogen and oxygen atoms in total. The number of pyridine rings is 1. The molecule has 1 rings (SSSR count). The van der Waals surface area contributed by atoms with Gasteiger partial charge in [0.1, 0.15) is 0 Å². The van der Waals surface area contributed by atoms with Gasteiger partial charge in [-0.2, -0.15) is 0 Å². The van der Waals surface area contributed by atoms with Crippen LogP contribution in [0.4, 0.5) is 0 Å². The van der Waals surface area contributed by atoms with E-state index in [2.05, 4.69) is 17.2 Å². The third-order valence-corrected chi connectivity index (χ3v) is 2.73. The molecule has 17 heavy (non-hydrogen) atoms. The number of aryl methyl sites for hydroxylation is 1. The summed E-state index contributed by atoms with van der Waals surface area (Å²) in [4.78, 5) is 15.9. The highest BCUT2D eigenvalue weighted by Gasteiger charge is 2.12. The first-order chi connectivity index (χ1) is 8.19. The second-order valence-corrected chi connectivity index (χ2v) is 4.08. The number of carbonyl (C=O) groups is 1. The minimum absolute atomic E-state index is 0.0976. The number of nitrogens with one attached hydrogen (secondary N) is 1. The van der Waals surface area contributed by atoms with Crippen molar-refractivity contribution in [3.05, 3.63) is 29.6 Å². The molecule has 0 aliphatic carbocycles. The van der Waals surface area contributed by atoms with E-state index in [0.29, 0.717) is 13.0 Å². The van der Waals surface area contributed by atoms with Gasteiger partial charge in [0, 0.05) is 6.20 Å². The highest BCUT2D eigenvalue weighted by molar-refractivity contribution is 5.81. The Morgan fingerprint density at radius 2 is 2.29 bits per heavy atom. The molecule has 0 radical (unpaired) electrons. The Labute approximate surface area is 103 Å². The van der Waals surface area contributed by atoms with Gasteiger partial charge in [0.2, 0.25) is 5.91 Å². The van der Waals surface area contributed by atoms with Gasteiger partial charge in [-0.15, -0.1) is 0 Å². The van der Waals surface area contributed by atoms with Crippen LogP contribution in [0.2, 0.25) is 0 Å². The maximum atomic E-state index is 11.6. The van der Waals surface area contributed by atoms with Gasteiger partial charge in [0.05, 0.1) is 18.3 Å². The molecule has 0 saturated carbocycles. The average molecular weight is 235 g/mol. The Kier molecular flexibility index (Phi) is 5.63. The van der Waals surface area contributed by atoms with Gasteiger partial charge >= 0.3 is 0 Å². The van der Waals surface area contributed by atoms with Crippen molar-refractivity contribution in [1.82, 2.24) is 10.3 Å². The van der Waals surface area contributed by atoms with E-state index in [4.69, 9.17) is 5.73 Å². The average Bonchev–Trinajstić information content (AvgIpc) is 2.36. The van der Waals surface area contributed by atoms with Crippen LogP contribution in [0.3, 0.4) is 0 Å². The van der Waals surface area contributed by atoms with Crippen LogP contribution < -0.4 is 11.1 Å². The van der Waals surface area contributed by atoms with Crippen molar-refractivity contribution in [2.45, 2.75) is 45.7 Å². The maximum absolute atomic E-state index is 11.6. The fourth-order valence-corrected chi connectivity index (χ4v) is 1.70. The van der Waals surface area contributed by atoms with Crippen LogP contribution in [-0.4, -0.2) is 16.9 Å². The molecule has 1 atom stereocenters. The molecule has 0 aliphatic heterocycles. The molecule has 0 fully saturated rings. The molecule has 0 spiro atoms. The molecule has 1 unspecified atom stereocenters. The van der Waals surface area contributed by atoms with Crippen LogP contribution in [0.25, 0.3) is 0 Å². The van der Waals surface area contributed by atoms with E-state index in [9.17, 15) is 4.79 Å². The van der Waals surface area contributed by atoms with E-state index < -0.39 is 6.04 Å². The summed E-state index contributed by atoms with van der Waals surface area (Å²) < 4.78 is 0. The van der Waals surface area contributed by atoms with Crippen LogP contribution in [0.5, 0.6) is 0 Å². The molecule has 1 heterocycles. The molecule has 3 N–H and O–H groups in total. The standard InChI is InChI=1S/C13H21N3O/c1-3-6-11(14)13(17)16-9-12-10(4-2)7-5-8-15-12/h5,7-8,11H,3-4,6,9,14H2,1-2H3,(H,16,17). The predicted octanol–water partition coefficient (Wildman–Crippen LogP) is 1.39. The fraction of sp³-hybridized carbons (Fsp3) is 0.538. The van der Waals surface area contributed by atoms with Crippen molar-refractivity contribution in [3.63, 3.8) is 0 Å². The van der Waals surface area contributed by atoms with Crippen LogP contribution in [-0.2, 0) is 17.8 Å². The summed E-state index contributed by atoms with van der Waals surface area (Å²) in [5.41, 5.74) is 7.82. The number of aromatic nitrogens is 1. The van der Waals surface area contributed by atoms with Gasteiger partial charge in [-0.25, -0.2) is 0 Å². The topological polar surface area (TPSA) is 68.0 Å². The number of carbonyl (C=O) groups excluding carboxylic acids is 1. The first kappa shape index (κ1) is 13.6. The fourth-order valence-electron chi connectivity index (χ4n) is 1.70. The third kappa shape index (κ3) is 4.15. The number of hydrogen-bond acceptors (Lipinski definition) is 3. The summed E-state index contributed by atoms with van der Waals surface area (Å²) in [6, 6.07) is 3.53. The van der Waals surface area contributed by atoms with E-state index in [1.165, 1.54) is 0 Å². The smallest absolute Gasteiger partial charge is 0.237 e. The molecule has 1 amide bonds. The van der Waals surface area contributed by atoms with E-state index in [0.717, 1.165) is 24.1 Å². The van der Waals surface area contributed by atoms with Gasteiger partial charge in [-0.1, -0.05) is 26.3 Å². The zero-order chi connectivity index (χ0) is 12.7. The van der Waals surface area contributed by atoms with Gasteiger partial charge < -0.3 is 11.1 Å². The minimum Gasteiger partial charge on any atom is -0.349 e. The van der Waals surface area contributed by atoms with Crippen molar-refractivity contribution in [2.24, 2.45) is 5.73 Å². The number of amides is 1. The highest BCUT2D eigenvalue weighted by Crippen LogP contribution is 2.05. The van der Waals surface area contributed by atoms with Gasteiger partial charge in [0.15, 0.2) is 0 Å². The molecule has 1 aromatic heterocycles. The van der Waals surface area contributed by atoms with E-state index >= 15 is 0 Å². The van der Waals surface area contributed by atoms with Crippen molar-refractivity contribution in [2.75, 3.05) is 0 Å². The quantitative estimate of drug-likeness (QED) is 0.783. The molecule has 1 aromatic rings. The Morgan fingerprint density at radius 1 is 1.53 bits per heavy atom. The normalized spacial score (nSPS) is 12.2. The largest absolute Gasteiger partial charge is 0.349 e. The predicted molar refractivity (Wildman–Crippen MR) is 68.3 cm³/mol. The molecular weight excluding hydrogens is 214 g/mol. The lowest BCUT2D eigenvalue weighted by atomic mass is 10.1. The second-order valence-electron chi connectivity index (χ2n) is 4.08. The van der Waals surface area contributed by atoms with E-state index in [1.807, 2.05) is 19.1 Å². The van der Waals surface area contributed by atoms with Crippen molar-refractivity contribution >= 4 is 5.91 Å². The zero-order valence-corrected chi connectivity index (χ0v) is 10.6. The minimum atomic E-state index is -0.409. The SMILES string of the molecule is CCCC(N)C(=O)NCc1ncccc1CC. The lowest BCUT2D eigenvalue weighted by Crippen LogP contribution is -2.40. The van der Waals surface area contributed by atoms with Crippen molar-refractivity contribution < 1.29 is 4.79 Å². The van der Waals surface area contributed by atoms with Gasteiger partial charge in [-0.3, -0.25) is 9.78 Å². The molecule has 4 heteroatoms. The molecule has 0 aromatic carbocycles. The number of nitrogens with two attached hydrogens (primary N) is 1. The summed E-state index contributed by atoms with van der Waals surface area (Å²) in [6.07, 6.45) is 4.29. The molecule has 0 saturated heterocycles. The summed E-state index contributed by atoms with van der Waals surface area (Å²) >= 11 is 0. The first-order valence-corrected chi connectivity index (χ1v) is 6.15. The lowest BCUT2D eigenvalue weighted by Gasteiger charge is -2.12. The van der Waals surface area contributed by atoms with Crippen LogP contribution in [0.1, 0.15) is 37.9 Å². The summed E-state index contributed by atoms with van der Waals surface area (Å²) in [6.45, 7) is 4.55. The Balaban J connectivity index is 2.52. The lowest BCUT2D eigenvalue weighted by molar-refractivity contribution is -0.122.